The molecule has 19 heteroatoms. The van der Waals surface area contributed by atoms with Gasteiger partial charge in [-0.3, -0.25) is 4.79 Å². The number of hydrogen-bond acceptors (Lipinski definition) is 18. The molecule has 17 unspecified atom stereocenters. The molecule has 3 rings (SSSR count). The van der Waals surface area contributed by atoms with E-state index in [1.54, 1.807) is 0 Å². The van der Waals surface area contributed by atoms with E-state index in [1.165, 1.54) is 116 Å². The fraction of sp³-hybridized carbons (Fsp3) is 0.741. The molecule has 3 saturated heterocycles. The molecule has 0 aromatic carbocycles. The Bertz CT molecular complexity index is 2280. The van der Waals surface area contributed by atoms with Crippen LogP contribution in [0.25, 0.3) is 0 Å². The van der Waals surface area contributed by atoms with Gasteiger partial charge in [0.1, 0.15) is 73.2 Å². The first-order valence-corrected chi connectivity index (χ1v) is 38.8. The largest absolute Gasteiger partial charge is 0.394 e. The Balaban J connectivity index is 1.41. The highest BCUT2D eigenvalue weighted by Gasteiger charge is 2.54. The lowest BCUT2D eigenvalue weighted by molar-refractivity contribution is -0.379. The number of aliphatic hydroxyl groups is 11. The Morgan fingerprint density at radius 2 is 0.690 bits per heavy atom. The Morgan fingerprint density at radius 1 is 0.370 bits per heavy atom. The number of aliphatic hydroxyl groups excluding tert-OH is 11. The molecule has 100 heavy (non-hydrogen) atoms. The molecule has 12 N–H and O–H groups in total. The van der Waals surface area contributed by atoms with Crippen LogP contribution in [0.3, 0.4) is 0 Å². The molecule has 3 aliphatic rings. The quantitative estimate of drug-likeness (QED) is 0.0199. The van der Waals surface area contributed by atoms with Crippen LogP contribution >= 0.6 is 0 Å². The fourth-order valence-corrected chi connectivity index (χ4v) is 12.3. The standard InChI is InChI=1S/C81H137NO18/c1-3-5-7-9-11-13-15-17-19-21-23-25-27-28-29-30-31-32-33-34-35-36-37-39-41-43-45-47-49-51-53-55-57-59-69(87)82-64(65(86)58-56-54-52-50-48-46-44-42-40-38-26-24-22-20-18-16-14-12-10-8-6-4-2)63-95-79-75(93)72(90)77(67(61-84)97-79)100-81-76(94)73(91)78(68(62-85)98-81)99-80-74(92)71(89)70(88)66(60-83)96-80/h5,7,11,13,17,19,23,25,28-29,31-32,34-35,37,39,43,45,49,51,64-68,70-81,83-86,88-94H,3-4,6,8-10,12,14-16,18,20-22,24,26-27,30,33,36,38,40-42,44,46-48,50,52-63H2,1-2H3,(H,82,87)/b7-5-,13-11-,19-17-,25-23-,29-28-,32-31-,35-34-,39-37-,45-43-,51-49-. The van der Waals surface area contributed by atoms with Crippen LogP contribution in [0, 0.1) is 0 Å². The van der Waals surface area contributed by atoms with Crippen LogP contribution < -0.4 is 5.32 Å². The van der Waals surface area contributed by atoms with E-state index in [0.717, 1.165) is 96.3 Å². The second kappa shape index (κ2) is 60.5. The molecule has 0 aromatic heterocycles. The average Bonchev–Trinajstić information content (AvgIpc) is 0.783. The van der Waals surface area contributed by atoms with Gasteiger partial charge in [0.2, 0.25) is 5.91 Å². The molecule has 3 aliphatic heterocycles. The minimum absolute atomic E-state index is 0.203. The Morgan fingerprint density at radius 3 is 1.06 bits per heavy atom. The Labute approximate surface area is 601 Å². The van der Waals surface area contributed by atoms with Gasteiger partial charge in [0.15, 0.2) is 18.9 Å². The molecule has 3 heterocycles. The van der Waals surface area contributed by atoms with Crippen molar-refractivity contribution in [2.45, 2.75) is 356 Å². The van der Waals surface area contributed by atoms with E-state index >= 15 is 0 Å². The summed E-state index contributed by atoms with van der Waals surface area (Å²) in [5.74, 6) is -0.288. The second-order valence-corrected chi connectivity index (χ2v) is 27.1. The van der Waals surface area contributed by atoms with Crippen LogP contribution in [-0.2, 0) is 33.2 Å². The van der Waals surface area contributed by atoms with Gasteiger partial charge in [-0.1, -0.05) is 277 Å². The summed E-state index contributed by atoms with van der Waals surface area (Å²) < 4.78 is 34.5. The van der Waals surface area contributed by atoms with Crippen molar-refractivity contribution >= 4 is 5.91 Å². The van der Waals surface area contributed by atoms with Crippen LogP contribution in [0.2, 0.25) is 0 Å². The van der Waals surface area contributed by atoms with Gasteiger partial charge in [-0.05, 0) is 89.9 Å². The highest BCUT2D eigenvalue weighted by molar-refractivity contribution is 5.76. The first-order chi connectivity index (χ1) is 48.8. The minimum Gasteiger partial charge on any atom is -0.394 e. The summed E-state index contributed by atoms with van der Waals surface area (Å²) in [6.07, 6.45) is 57.0. The molecule has 0 aromatic rings. The molecule has 0 saturated carbocycles. The fourth-order valence-electron chi connectivity index (χ4n) is 12.3. The first kappa shape index (κ1) is 90.4. The highest BCUT2D eigenvalue weighted by Crippen LogP contribution is 2.33. The van der Waals surface area contributed by atoms with Crippen molar-refractivity contribution in [2.24, 2.45) is 0 Å². The van der Waals surface area contributed by atoms with Crippen molar-refractivity contribution < 1.29 is 89.4 Å². The lowest BCUT2D eigenvalue weighted by Crippen LogP contribution is -2.66. The molecular formula is C81H137NO18. The van der Waals surface area contributed by atoms with Gasteiger partial charge in [-0.25, -0.2) is 0 Å². The third-order valence-electron chi connectivity index (χ3n) is 18.6. The molecule has 0 radical (unpaired) electrons. The monoisotopic (exact) mass is 1410 g/mol. The minimum atomic E-state index is -1.98. The summed E-state index contributed by atoms with van der Waals surface area (Å²) in [7, 11) is 0. The number of hydrogen-bond donors (Lipinski definition) is 12. The number of amides is 1. The molecule has 574 valence electrons. The smallest absolute Gasteiger partial charge is 0.220 e. The zero-order valence-electron chi connectivity index (χ0n) is 61.1. The van der Waals surface area contributed by atoms with Crippen LogP contribution in [0.1, 0.15) is 251 Å². The molecule has 0 bridgehead atoms. The summed E-state index contributed by atoms with van der Waals surface area (Å²) in [4.78, 5) is 13.5. The van der Waals surface area contributed by atoms with Crippen molar-refractivity contribution in [1.82, 2.24) is 5.32 Å². The molecule has 17 atom stereocenters. The number of ether oxygens (including phenoxy) is 6. The molecular weight excluding hydrogens is 1270 g/mol. The summed E-state index contributed by atoms with van der Waals surface area (Å²) >= 11 is 0. The predicted octanol–water partition coefficient (Wildman–Crippen LogP) is 12.3. The number of carbonyl (C=O) groups is 1. The molecule has 3 fully saturated rings. The maximum Gasteiger partial charge on any atom is 0.220 e. The first-order valence-electron chi connectivity index (χ1n) is 38.8. The summed E-state index contributed by atoms with van der Waals surface area (Å²) in [6, 6.07) is -0.922. The topological polar surface area (TPSA) is 307 Å². The lowest BCUT2D eigenvalue weighted by Gasteiger charge is -2.48. The van der Waals surface area contributed by atoms with Gasteiger partial charge in [-0.15, -0.1) is 0 Å². The van der Waals surface area contributed by atoms with Crippen LogP contribution in [-0.4, -0.2) is 193 Å². The van der Waals surface area contributed by atoms with Crippen molar-refractivity contribution in [3.05, 3.63) is 122 Å². The number of unbranched alkanes of at least 4 members (excludes halogenated alkanes) is 23. The van der Waals surface area contributed by atoms with Gasteiger partial charge >= 0.3 is 0 Å². The van der Waals surface area contributed by atoms with Crippen molar-refractivity contribution in [3.8, 4) is 0 Å². The molecule has 19 nitrogen and oxygen atoms in total. The molecule has 0 aliphatic carbocycles. The van der Waals surface area contributed by atoms with Crippen molar-refractivity contribution in [3.63, 3.8) is 0 Å². The number of rotatable bonds is 59. The van der Waals surface area contributed by atoms with Crippen LogP contribution in [0.5, 0.6) is 0 Å². The normalized spacial score (nSPS) is 27.1. The van der Waals surface area contributed by atoms with E-state index in [4.69, 9.17) is 28.4 Å². The van der Waals surface area contributed by atoms with E-state index in [1.807, 2.05) is 0 Å². The Hall–Kier alpha value is -3.81. The number of nitrogens with one attached hydrogen (secondary N) is 1. The second-order valence-electron chi connectivity index (χ2n) is 27.1. The maximum atomic E-state index is 13.5. The van der Waals surface area contributed by atoms with Gasteiger partial charge in [0, 0.05) is 6.42 Å². The van der Waals surface area contributed by atoms with E-state index in [9.17, 15) is 61.0 Å². The van der Waals surface area contributed by atoms with Crippen molar-refractivity contribution in [2.75, 3.05) is 26.4 Å². The van der Waals surface area contributed by atoms with Crippen molar-refractivity contribution in [1.29, 1.82) is 0 Å². The molecule has 1 amide bonds. The van der Waals surface area contributed by atoms with E-state index < -0.39 is 124 Å². The lowest BCUT2D eigenvalue weighted by atomic mass is 9.96. The maximum absolute atomic E-state index is 13.5. The summed E-state index contributed by atoms with van der Waals surface area (Å²) in [6.45, 7) is 1.66. The summed E-state index contributed by atoms with van der Waals surface area (Å²) in [5, 5.41) is 121. The van der Waals surface area contributed by atoms with Gasteiger partial charge in [0.25, 0.3) is 0 Å². The number of carbonyl (C=O) groups excluding carboxylic acids is 1. The zero-order valence-corrected chi connectivity index (χ0v) is 61.1. The number of allylic oxidation sites excluding steroid dienone is 20. The zero-order chi connectivity index (χ0) is 72.5. The summed E-state index contributed by atoms with van der Waals surface area (Å²) in [5.41, 5.74) is 0. The third kappa shape index (κ3) is 40.5. The van der Waals surface area contributed by atoms with Gasteiger partial charge in [0.05, 0.1) is 38.6 Å². The Kier molecular flexibility index (Phi) is 54.7. The van der Waals surface area contributed by atoms with Crippen LogP contribution in [0.15, 0.2) is 122 Å². The van der Waals surface area contributed by atoms with E-state index in [-0.39, 0.29) is 18.9 Å². The van der Waals surface area contributed by atoms with Gasteiger partial charge < -0.3 is 89.9 Å². The van der Waals surface area contributed by atoms with E-state index in [2.05, 4.69) is 141 Å². The van der Waals surface area contributed by atoms with Crippen LogP contribution in [0.4, 0.5) is 0 Å². The third-order valence-corrected chi connectivity index (χ3v) is 18.6. The SMILES string of the molecule is CC/C=C\C/C=C\C/C=C\C/C=C\C/C=C\C/C=C\C/C=C\C/C=C\C/C=C\C/C=C\CCCCC(=O)NC(COC1OC(CO)C(OC2OC(CO)C(OC3OC(CO)C(O)C(O)C3O)C(O)C2O)C(O)C1O)C(O)CCCCCCCCCCCCCCCCCCCCCCCC. The van der Waals surface area contributed by atoms with Gasteiger partial charge in [-0.2, -0.15) is 0 Å². The average molecular weight is 1410 g/mol. The highest BCUT2D eigenvalue weighted by atomic mass is 16.8. The molecule has 0 spiro atoms. The van der Waals surface area contributed by atoms with E-state index in [0.29, 0.717) is 19.3 Å². The predicted molar refractivity (Wildman–Crippen MR) is 397 cm³/mol.